The summed E-state index contributed by atoms with van der Waals surface area (Å²) >= 11 is 6.11. The molecule has 2 aromatic carbocycles. The molecule has 0 aliphatic heterocycles. The first-order chi connectivity index (χ1) is 11.2. The van der Waals surface area contributed by atoms with Crippen LogP contribution in [0.25, 0.3) is 11.6 Å². The molecule has 0 fully saturated rings. The molecule has 0 saturated carbocycles. The van der Waals surface area contributed by atoms with Crippen molar-refractivity contribution in [1.29, 1.82) is 0 Å². The van der Waals surface area contributed by atoms with Gasteiger partial charge in [-0.3, -0.25) is 0 Å². The van der Waals surface area contributed by atoms with Crippen LogP contribution in [-0.4, -0.2) is 16.7 Å². The topological polar surface area (TPSA) is 46.5 Å². The van der Waals surface area contributed by atoms with Crippen molar-refractivity contribution in [3.8, 4) is 5.75 Å². The number of carboxylic acid groups (broad SMARTS) is 1. The third-order valence-corrected chi connectivity index (χ3v) is 3.74. The standard InChI is InChI=1S/C20H21ClO3/c1-13-5-8-15(12-18(13)21)17(19(22)23)11-14-6-9-16(10-7-14)24-20(2,3)4/h5-12H,1-4H3,(H,22,23)/b17-11-. The number of hydrogen-bond acceptors (Lipinski definition) is 2. The zero-order valence-corrected chi connectivity index (χ0v) is 15.0. The lowest BCUT2D eigenvalue weighted by Crippen LogP contribution is -2.22. The van der Waals surface area contributed by atoms with E-state index >= 15 is 0 Å². The van der Waals surface area contributed by atoms with Gasteiger partial charge in [0.2, 0.25) is 0 Å². The molecule has 0 aliphatic rings. The summed E-state index contributed by atoms with van der Waals surface area (Å²) in [5.41, 5.74) is 2.19. The van der Waals surface area contributed by atoms with Gasteiger partial charge in [-0.1, -0.05) is 35.9 Å². The zero-order chi connectivity index (χ0) is 17.9. The fourth-order valence-corrected chi connectivity index (χ4v) is 2.36. The first-order valence-corrected chi connectivity index (χ1v) is 8.04. The largest absolute Gasteiger partial charge is 0.488 e. The summed E-state index contributed by atoms with van der Waals surface area (Å²) in [4.78, 5) is 11.6. The number of aryl methyl sites for hydroxylation is 1. The monoisotopic (exact) mass is 344 g/mol. The summed E-state index contributed by atoms with van der Waals surface area (Å²) in [5.74, 6) is -0.250. The second-order valence-electron chi connectivity index (χ2n) is 6.61. The molecule has 0 amide bonds. The lowest BCUT2D eigenvalue weighted by atomic mass is 10.0. The van der Waals surface area contributed by atoms with Crippen molar-refractivity contribution in [2.45, 2.75) is 33.3 Å². The van der Waals surface area contributed by atoms with Crippen LogP contribution in [0.5, 0.6) is 5.75 Å². The summed E-state index contributed by atoms with van der Waals surface area (Å²) in [6, 6.07) is 12.6. The SMILES string of the molecule is Cc1ccc(/C(=C/c2ccc(OC(C)(C)C)cc2)C(=O)O)cc1Cl. The molecule has 4 heteroatoms. The predicted molar refractivity (Wildman–Crippen MR) is 98.5 cm³/mol. The molecule has 1 N–H and O–H groups in total. The molecule has 0 heterocycles. The second kappa shape index (κ2) is 7.10. The molecule has 24 heavy (non-hydrogen) atoms. The Morgan fingerprint density at radius 2 is 1.75 bits per heavy atom. The van der Waals surface area contributed by atoms with Gasteiger partial charge in [0.15, 0.2) is 0 Å². The van der Waals surface area contributed by atoms with Gasteiger partial charge in [-0.05, 0) is 68.7 Å². The molecule has 0 aromatic heterocycles. The summed E-state index contributed by atoms with van der Waals surface area (Å²) in [7, 11) is 0. The van der Waals surface area contributed by atoms with Crippen molar-refractivity contribution >= 4 is 29.2 Å². The lowest BCUT2D eigenvalue weighted by Gasteiger charge is -2.21. The number of hydrogen-bond donors (Lipinski definition) is 1. The number of aliphatic carboxylic acids is 1. The fourth-order valence-electron chi connectivity index (χ4n) is 2.18. The molecule has 3 nitrogen and oxygen atoms in total. The van der Waals surface area contributed by atoms with Gasteiger partial charge in [-0.25, -0.2) is 4.79 Å². The van der Waals surface area contributed by atoms with E-state index in [1.54, 1.807) is 18.2 Å². The fraction of sp³-hybridized carbons (Fsp3) is 0.250. The van der Waals surface area contributed by atoms with E-state index in [1.807, 2.05) is 58.0 Å². The van der Waals surface area contributed by atoms with E-state index in [0.717, 1.165) is 16.9 Å². The van der Waals surface area contributed by atoms with Gasteiger partial charge in [0, 0.05) is 5.02 Å². The maximum absolute atomic E-state index is 11.6. The van der Waals surface area contributed by atoms with Crippen LogP contribution in [0.2, 0.25) is 5.02 Å². The van der Waals surface area contributed by atoms with Gasteiger partial charge in [-0.2, -0.15) is 0 Å². The highest BCUT2D eigenvalue weighted by molar-refractivity contribution is 6.32. The summed E-state index contributed by atoms with van der Waals surface area (Å²) < 4.78 is 5.77. The van der Waals surface area contributed by atoms with Gasteiger partial charge in [0.1, 0.15) is 11.4 Å². The summed E-state index contributed by atoms with van der Waals surface area (Å²) in [6.45, 7) is 7.81. The first-order valence-electron chi connectivity index (χ1n) is 7.66. The Labute approximate surface area is 147 Å². The molecular weight excluding hydrogens is 324 g/mol. The Kier molecular flexibility index (Phi) is 5.35. The van der Waals surface area contributed by atoms with Crippen molar-refractivity contribution in [3.63, 3.8) is 0 Å². The quantitative estimate of drug-likeness (QED) is 0.592. The highest BCUT2D eigenvalue weighted by Gasteiger charge is 2.13. The first kappa shape index (κ1) is 18.1. The van der Waals surface area contributed by atoms with E-state index in [0.29, 0.717) is 10.6 Å². The Morgan fingerprint density at radius 1 is 1.12 bits per heavy atom. The molecule has 126 valence electrons. The van der Waals surface area contributed by atoms with Crippen LogP contribution in [-0.2, 0) is 4.79 Å². The molecule has 2 aromatic rings. The maximum atomic E-state index is 11.6. The van der Waals surface area contributed by atoms with Gasteiger partial charge in [-0.15, -0.1) is 0 Å². The molecule has 0 atom stereocenters. The van der Waals surface area contributed by atoms with Crippen LogP contribution in [0.1, 0.15) is 37.5 Å². The lowest BCUT2D eigenvalue weighted by molar-refractivity contribution is -0.130. The van der Waals surface area contributed by atoms with E-state index in [-0.39, 0.29) is 11.2 Å². The Hall–Kier alpha value is -2.26. The normalized spacial score (nSPS) is 12.1. The van der Waals surface area contributed by atoms with Crippen molar-refractivity contribution in [3.05, 3.63) is 64.2 Å². The van der Waals surface area contributed by atoms with Crippen molar-refractivity contribution < 1.29 is 14.6 Å². The van der Waals surface area contributed by atoms with Crippen LogP contribution in [0.15, 0.2) is 42.5 Å². The van der Waals surface area contributed by atoms with E-state index in [2.05, 4.69) is 0 Å². The maximum Gasteiger partial charge on any atom is 0.336 e. The van der Waals surface area contributed by atoms with Gasteiger partial charge < -0.3 is 9.84 Å². The third kappa shape index (κ3) is 4.87. The average Bonchev–Trinajstić information content (AvgIpc) is 2.47. The van der Waals surface area contributed by atoms with Crippen molar-refractivity contribution in [1.82, 2.24) is 0 Å². The smallest absolute Gasteiger partial charge is 0.336 e. The van der Waals surface area contributed by atoms with Crippen LogP contribution in [0.4, 0.5) is 0 Å². The number of halogens is 1. The molecule has 0 bridgehead atoms. The predicted octanol–water partition coefficient (Wildman–Crippen LogP) is 5.45. The number of carboxylic acids is 1. The van der Waals surface area contributed by atoms with Crippen molar-refractivity contribution in [2.75, 3.05) is 0 Å². The number of benzene rings is 2. The van der Waals surface area contributed by atoms with Crippen LogP contribution < -0.4 is 4.74 Å². The van der Waals surface area contributed by atoms with Crippen molar-refractivity contribution in [2.24, 2.45) is 0 Å². The Balaban J connectivity index is 2.34. The molecule has 0 radical (unpaired) electrons. The van der Waals surface area contributed by atoms with Crippen LogP contribution >= 0.6 is 11.6 Å². The number of ether oxygens (including phenoxy) is 1. The molecular formula is C20H21ClO3. The molecule has 0 unspecified atom stereocenters. The third-order valence-electron chi connectivity index (χ3n) is 3.33. The Morgan fingerprint density at radius 3 is 2.25 bits per heavy atom. The van der Waals surface area contributed by atoms with Crippen LogP contribution in [0.3, 0.4) is 0 Å². The number of carbonyl (C=O) groups is 1. The minimum Gasteiger partial charge on any atom is -0.488 e. The molecule has 0 aliphatic carbocycles. The molecule has 0 spiro atoms. The highest BCUT2D eigenvalue weighted by atomic mass is 35.5. The van der Waals surface area contributed by atoms with Crippen LogP contribution in [0, 0.1) is 6.92 Å². The minimum absolute atomic E-state index is 0.196. The van der Waals surface area contributed by atoms with E-state index in [9.17, 15) is 9.90 Å². The average molecular weight is 345 g/mol. The highest BCUT2D eigenvalue weighted by Crippen LogP contribution is 2.25. The van der Waals surface area contributed by atoms with Gasteiger partial charge in [0.05, 0.1) is 5.57 Å². The summed E-state index contributed by atoms with van der Waals surface area (Å²) in [6.07, 6.45) is 1.63. The molecule has 2 rings (SSSR count). The van der Waals surface area contributed by atoms with E-state index in [1.165, 1.54) is 0 Å². The summed E-state index contributed by atoms with van der Waals surface area (Å²) in [5, 5.41) is 10.1. The zero-order valence-electron chi connectivity index (χ0n) is 14.3. The molecule has 0 saturated heterocycles. The second-order valence-corrected chi connectivity index (χ2v) is 7.02. The number of rotatable bonds is 4. The minimum atomic E-state index is -0.995. The van der Waals surface area contributed by atoms with E-state index in [4.69, 9.17) is 16.3 Å². The Bertz CT molecular complexity index is 768. The van der Waals surface area contributed by atoms with E-state index < -0.39 is 5.97 Å². The van der Waals surface area contributed by atoms with Gasteiger partial charge in [0.25, 0.3) is 0 Å². The van der Waals surface area contributed by atoms with Gasteiger partial charge >= 0.3 is 5.97 Å².